The van der Waals surface area contributed by atoms with E-state index in [9.17, 15) is 4.79 Å². The first-order valence-corrected chi connectivity index (χ1v) is 6.59. The molecule has 0 bridgehead atoms. The second-order valence-electron chi connectivity index (χ2n) is 4.71. The summed E-state index contributed by atoms with van der Waals surface area (Å²) in [7, 11) is 0. The predicted octanol–water partition coefficient (Wildman–Crippen LogP) is 4.11. The topological polar surface area (TPSA) is 53.1 Å². The average Bonchev–Trinajstić information content (AvgIpc) is 2.79. The van der Waals surface area contributed by atoms with E-state index in [4.69, 9.17) is 16.7 Å². The largest absolute Gasteiger partial charge is 0.478 e. The molecule has 0 fully saturated rings. The number of aromatic amines is 1. The van der Waals surface area contributed by atoms with E-state index in [1.165, 1.54) is 0 Å². The maximum Gasteiger partial charge on any atom is 0.335 e. The van der Waals surface area contributed by atoms with Crippen LogP contribution in [0.5, 0.6) is 0 Å². The number of carboxylic acids is 1. The highest BCUT2D eigenvalue weighted by molar-refractivity contribution is 6.30. The van der Waals surface area contributed by atoms with Gasteiger partial charge in [-0.1, -0.05) is 29.8 Å². The number of hydrogen-bond acceptors (Lipinski definition) is 1. The summed E-state index contributed by atoms with van der Waals surface area (Å²) in [6.45, 7) is 0. The van der Waals surface area contributed by atoms with E-state index in [2.05, 4.69) is 4.98 Å². The Labute approximate surface area is 120 Å². The summed E-state index contributed by atoms with van der Waals surface area (Å²) in [4.78, 5) is 14.2. The summed E-state index contributed by atoms with van der Waals surface area (Å²) in [6, 6.07) is 14.8. The molecule has 3 aromatic rings. The molecule has 0 amide bonds. The molecule has 1 heterocycles. The van der Waals surface area contributed by atoms with Crippen LogP contribution in [0.15, 0.2) is 48.5 Å². The fourth-order valence-electron chi connectivity index (χ4n) is 2.28. The maximum atomic E-state index is 11.0. The third-order valence-corrected chi connectivity index (χ3v) is 3.44. The highest BCUT2D eigenvalue weighted by Crippen LogP contribution is 2.20. The number of halogens is 1. The lowest BCUT2D eigenvalue weighted by Gasteiger charge is -1.99. The smallest absolute Gasteiger partial charge is 0.335 e. The molecule has 0 unspecified atom stereocenters. The summed E-state index contributed by atoms with van der Waals surface area (Å²) in [5.74, 6) is -0.919. The van der Waals surface area contributed by atoms with E-state index in [-0.39, 0.29) is 5.56 Å². The van der Waals surface area contributed by atoms with Crippen LogP contribution in [0.1, 0.15) is 21.6 Å². The van der Waals surface area contributed by atoms with Crippen molar-refractivity contribution in [1.29, 1.82) is 0 Å². The van der Waals surface area contributed by atoms with E-state index >= 15 is 0 Å². The highest BCUT2D eigenvalue weighted by Gasteiger charge is 2.07. The van der Waals surface area contributed by atoms with Gasteiger partial charge in [0.05, 0.1) is 5.56 Å². The Bertz CT molecular complexity index is 792. The molecular formula is C16H12ClNO2. The van der Waals surface area contributed by atoms with Crippen LogP contribution in [-0.2, 0) is 6.42 Å². The molecule has 4 heteroatoms. The van der Waals surface area contributed by atoms with Crippen LogP contribution >= 0.6 is 11.6 Å². The van der Waals surface area contributed by atoms with Gasteiger partial charge in [0.15, 0.2) is 0 Å². The number of carboxylic acid groups (broad SMARTS) is 1. The van der Waals surface area contributed by atoms with E-state index in [1.807, 2.05) is 36.4 Å². The zero-order chi connectivity index (χ0) is 14.1. The molecule has 0 spiro atoms. The Kier molecular flexibility index (Phi) is 3.20. The minimum absolute atomic E-state index is 0.286. The fourth-order valence-corrected chi connectivity index (χ4v) is 2.50. The van der Waals surface area contributed by atoms with Gasteiger partial charge in [0.25, 0.3) is 0 Å². The number of hydrogen-bond donors (Lipinski definition) is 2. The van der Waals surface area contributed by atoms with Gasteiger partial charge in [0.2, 0.25) is 0 Å². The summed E-state index contributed by atoms with van der Waals surface area (Å²) in [5, 5.41) is 10.7. The number of aromatic nitrogens is 1. The standard InChI is InChI=1S/C16H12ClNO2/c17-13-3-1-2-10(6-13)7-14-8-11-4-5-12(16(19)20)9-15(11)18-14/h1-6,8-9,18H,7H2,(H,19,20). The first kappa shape index (κ1) is 12.8. The minimum atomic E-state index is -0.919. The SMILES string of the molecule is O=C(O)c1ccc2cc(Cc3cccc(Cl)c3)[nH]c2c1. The fraction of sp³-hybridized carbons (Fsp3) is 0.0625. The zero-order valence-electron chi connectivity index (χ0n) is 10.6. The Morgan fingerprint density at radius 2 is 2.00 bits per heavy atom. The third kappa shape index (κ3) is 2.53. The summed E-state index contributed by atoms with van der Waals surface area (Å²) < 4.78 is 0. The monoisotopic (exact) mass is 285 g/mol. The molecule has 100 valence electrons. The van der Waals surface area contributed by atoms with Crippen LogP contribution in [0, 0.1) is 0 Å². The average molecular weight is 286 g/mol. The highest BCUT2D eigenvalue weighted by atomic mass is 35.5. The lowest BCUT2D eigenvalue weighted by atomic mass is 10.1. The molecule has 0 aliphatic rings. The first-order chi connectivity index (χ1) is 9.61. The van der Waals surface area contributed by atoms with Crippen LogP contribution in [0.2, 0.25) is 5.02 Å². The Balaban J connectivity index is 1.95. The van der Waals surface area contributed by atoms with Crippen molar-refractivity contribution in [3.05, 3.63) is 70.4 Å². The Hall–Kier alpha value is -2.26. The van der Waals surface area contributed by atoms with Crippen molar-refractivity contribution in [3.63, 3.8) is 0 Å². The molecule has 0 atom stereocenters. The molecule has 0 aliphatic carbocycles. The van der Waals surface area contributed by atoms with Gasteiger partial charge < -0.3 is 10.1 Å². The van der Waals surface area contributed by atoms with Gasteiger partial charge in [0, 0.05) is 22.7 Å². The van der Waals surface area contributed by atoms with Crippen LogP contribution in [0.3, 0.4) is 0 Å². The van der Waals surface area contributed by atoms with Crippen molar-refractivity contribution in [3.8, 4) is 0 Å². The van der Waals surface area contributed by atoms with Crippen molar-refractivity contribution in [2.75, 3.05) is 0 Å². The Morgan fingerprint density at radius 1 is 1.15 bits per heavy atom. The van der Waals surface area contributed by atoms with E-state index in [0.29, 0.717) is 5.02 Å². The van der Waals surface area contributed by atoms with Gasteiger partial charge in [-0.3, -0.25) is 0 Å². The number of aromatic carboxylic acids is 1. The molecule has 2 aromatic carbocycles. The quantitative estimate of drug-likeness (QED) is 0.761. The predicted molar refractivity (Wildman–Crippen MR) is 79.5 cm³/mol. The second-order valence-corrected chi connectivity index (χ2v) is 5.14. The van der Waals surface area contributed by atoms with Gasteiger partial charge in [-0.2, -0.15) is 0 Å². The number of fused-ring (bicyclic) bond motifs is 1. The van der Waals surface area contributed by atoms with Gasteiger partial charge in [0.1, 0.15) is 0 Å². The van der Waals surface area contributed by atoms with Gasteiger partial charge in [-0.15, -0.1) is 0 Å². The molecule has 0 saturated heterocycles. The van der Waals surface area contributed by atoms with E-state index in [0.717, 1.165) is 28.6 Å². The van der Waals surface area contributed by atoms with Crippen molar-refractivity contribution in [1.82, 2.24) is 4.98 Å². The molecular weight excluding hydrogens is 274 g/mol. The number of nitrogens with one attached hydrogen (secondary N) is 1. The lowest BCUT2D eigenvalue weighted by Crippen LogP contribution is -1.94. The van der Waals surface area contributed by atoms with Crippen LogP contribution < -0.4 is 0 Å². The zero-order valence-corrected chi connectivity index (χ0v) is 11.3. The van der Waals surface area contributed by atoms with Gasteiger partial charge >= 0.3 is 5.97 Å². The van der Waals surface area contributed by atoms with E-state index < -0.39 is 5.97 Å². The molecule has 0 aliphatic heterocycles. The minimum Gasteiger partial charge on any atom is -0.478 e. The lowest BCUT2D eigenvalue weighted by molar-refractivity contribution is 0.0697. The first-order valence-electron chi connectivity index (χ1n) is 6.21. The number of rotatable bonds is 3. The van der Waals surface area contributed by atoms with Crippen molar-refractivity contribution in [2.24, 2.45) is 0 Å². The van der Waals surface area contributed by atoms with Crippen LogP contribution in [-0.4, -0.2) is 16.1 Å². The number of benzene rings is 2. The Morgan fingerprint density at radius 3 is 2.75 bits per heavy atom. The number of carbonyl (C=O) groups is 1. The van der Waals surface area contributed by atoms with Crippen molar-refractivity contribution in [2.45, 2.75) is 6.42 Å². The normalized spacial score (nSPS) is 10.8. The van der Waals surface area contributed by atoms with Crippen molar-refractivity contribution < 1.29 is 9.90 Å². The summed E-state index contributed by atoms with van der Waals surface area (Å²) in [6.07, 6.45) is 0.734. The third-order valence-electron chi connectivity index (χ3n) is 3.21. The van der Waals surface area contributed by atoms with Crippen molar-refractivity contribution >= 4 is 28.5 Å². The molecule has 3 rings (SSSR count). The molecule has 3 nitrogen and oxygen atoms in total. The molecule has 0 radical (unpaired) electrons. The van der Waals surface area contributed by atoms with E-state index in [1.54, 1.807) is 12.1 Å². The number of H-pyrrole nitrogens is 1. The molecule has 1 aromatic heterocycles. The van der Waals surface area contributed by atoms with Gasteiger partial charge in [-0.05, 0) is 41.3 Å². The maximum absolute atomic E-state index is 11.0. The second kappa shape index (κ2) is 5.02. The van der Waals surface area contributed by atoms with Crippen LogP contribution in [0.25, 0.3) is 10.9 Å². The summed E-state index contributed by atoms with van der Waals surface area (Å²) >= 11 is 5.97. The molecule has 0 saturated carbocycles. The molecule has 20 heavy (non-hydrogen) atoms. The van der Waals surface area contributed by atoms with Crippen LogP contribution in [0.4, 0.5) is 0 Å². The van der Waals surface area contributed by atoms with Gasteiger partial charge in [-0.25, -0.2) is 4.79 Å². The molecule has 2 N–H and O–H groups in total. The summed E-state index contributed by atoms with van der Waals surface area (Å²) in [5.41, 5.74) is 3.27.